The highest BCUT2D eigenvalue weighted by molar-refractivity contribution is 7.92. The van der Waals surface area contributed by atoms with Crippen LogP contribution in [0.2, 0.25) is 5.02 Å². The number of methoxy groups -OCH3 is 1. The molecule has 0 bridgehead atoms. The Kier molecular flexibility index (Phi) is 4.52. The summed E-state index contributed by atoms with van der Waals surface area (Å²) in [7, 11) is -2.51. The molecule has 0 aliphatic heterocycles. The van der Waals surface area contributed by atoms with Crippen LogP contribution in [-0.2, 0) is 16.4 Å². The molecule has 0 radical (unpaired) electrons. The van der Waals surface area contributed by atoms with Crippen molar-refractivity contribution in [1.82, 2.24) is 5.16 Å². The Labute approximate surface area is 162 Å². The molecule has 27 heavy (non-hydrogen) atoms. The van der Waals surface area contributed by atoms with Crippen molar-refractivity contribution in [2.45, 2.75) is 37.0 Å². The summed E-state index contributed by atoms with van der Waals surface area (Å²) in [6.45, 7) is 1.95. The summed E-state index contributed by atoms with van der Waals surface area (Å²) < 4.78 is 39.1. The highest BCUT2D eigenvalue weighted by atomic mass is 35.5. The lowest BCUT2D eigenvalue weighted by atomic mass is 10.1. The van der Waals surface area contributed by atoms with Crippen LogP contribution < -0.4 is 9.46 Å². The molecule has 1 fully saturated rings. The molecule has 142 valence electrons. The molecule has 1 saturated carbocycles. The van der Waals surface area contributed by atoms with Crippen LogP contribution in [0.15, 0.2) is 39.8 Å². The lowest BCUT2D eigenvalue weighted by Gasteiger charge is -2.12. The fraction of sp³-hybridized carbons (Fsp3) is 0.316. The fourth-order valence-corrected chi connectivity index (χ4v) is 4.75. The lowest BCUT2D eigenvalue weighted by Crippen LogP contribution is -2.15. The van der Waals surface area contributed by atoms with Gasteiger partial charge in [0.2, 0.25) is 0 Å². The Morgan fingerprint density at radius 1 is 1.30 bits per heavy atom. The van der Waals surface area contributed by atoms with Gasteiger partial charge in [-0.05, 0) is 54.5 Å². The van der Waals surface area contributed by atoms with Crippen LogP contribution >= 0.6 is 11.6 Å². The number of halogens is 1. The second-order valence-corrected chi connectivity index (χ2v) is 8.62. The molecule has 1 heterocycles. The first-order valence-corrected chi connectivity index (χ1v) is 10.6. The van der Waals surface area contributed by atoms with E-state index in [1.54, 1.807) is 18.2 Å². The van der Waals surface area contributed by atoms with E-state index < -0.39 is 10.0 Å². The number of anilines is 1. The van der Waals surface area contributed by atoms with Gasteiger partial charge in [0.15, 0.2) is 11.4 Å². The number of sulfonamides is 1. The number of ether oxygens (including phenoxy) is 1. The van der Waals surface area contributed by atoms with Crippen LogP contribution in [0.5, 0.6) is 5.75 Å². The zero-order valence-electron chi connectivity index (χ0n) is 15.0. The summed E-state index contributed by atoms with van der Waals surface area (Å²) >= 11 is 6.54. The Balaban J connectivity index is 1.79. The van der Waals surface area contributed by atoms with Crippen LogP contribution in [0.4, 0.5) is 5.82 Å². The van der Waals surface area contributed by atoms with Crippen LogP contribution in [0.1, 0.15) is 36.8 Å². The standard InChI is InChI=1S/C19H19ClN2O4S/c1-3-11-4-8-14(25-2)16(10-11)27(23,24)22-19-17-15(26-21-19)9-7-13(18(17)20)12-5-6-12/h4,7-10,12H,3,5-6H2,1-2H3,(H,21,22). The maximum Gasteiger partial charge on any atom is 0.266 e. The first-order valence-electron chi connectivity index (χ1n) is 8.72. The third kappa shape index (κ3) is 3.26. The molecule has 0 unspecified atom stereocenters. The average Bonchev–Trinajstić information content (AvgIpc) is 3.42. The van der Waals surface area contributed by atoms with Gasteiger partial charge in [0.1, 0.15) is 10.6 Å². The average molecular weight is 407 g/mol. The summed E-state index contributed by atoms with van der Waals surface area (Å²) in [5.41, 5.74) is 2.32. The maximum atomic E-state index is 13.0. The summed E-state index contributed by atoms with van der Waals surface area (Å²) in [5.74, 6) is 0.765. The Morgan fingerprint density at radius 3 is 2.74 bits per heavy atom. The second-order valence-electron chi connectivity index (χ2n) is 6.59. The molecule has 4 rings (SSSR count). The topological polar surface area (TPSA) is 81.4 Å². The molecule has 1 aliphatic rings. The van der Waals surface area contributed by atoms with E-state index in [2.05, 4.69) is 9.88 Å². The molecule has 0 atom stereocenters. The molecule has 8 heteroatoms. The van der Waals surface area contributed by atoms with Gasteiger partial charge in [-0.1, -0.05) is 35.8 Å². The van der Waals surface area contributed by atoms with Crippen molar-refractivity contribution in [1.29, 1.82) is 0 Å². The summed E-state index contributed by atoms with van der Waals surface area (Å²) in [6, 6.07) is 8.77. The Hall–Kier alpha value is -2.25. The van der Waals surface area contributed by atoms with Crippen LogP contribution in [0, 0.1) is 0 Å². The van der Waals surface area contributed by atoms with E-state index in [9.17, 15) is 8.42 Å². The van der Waals surface area contributed by atoms with E-state index in [4.69, 9.17) is 20.9 Å². The summed E-state index contributed by atoms with van der Waals surface area (Å²) in [6.07, 6.45) is 2.87. The first-order chi connectivity index (χ1) is 12.9. The third-order valence-electron chi connectivity index (χ3n) is 4.78. The van der Waals surface area contributed by atoms with E-state index >= 15 is 0 Å². The summed E-state index contributed by atoms with van der Waals surface area (Å²) in [4.78, 5) is 0.0509. The highest BCUT2D eigenvalue weighted by Crippen LogP contribution is 2.46. The van der Waals surface area contributed by atoms with Crippen molar-refractivity contribution in [3.8, 4) is 5.75 Å². The molecule has 1 aromatic heterocycles. The van der Waals surface area contributed by atoms with Crippen molar-refractivity contribution >= 4 is 38.4 Å². The SMILES string of the molecule is CCc1ccc(OC)c(S(=O)(=O)Nc2noc3ccc(C4CC4)c(Cl)c23)c1. The van der Waals surface area contributed by atoms with Crippen molar-refractivity contribution in [2.75, 3.05) is 11.8 Å². The monoisotopic (exact) mass is 406 g/mol. The van der Waals surface area contributed by atoms with Gasteiger partial charge in [-0.25, -0.2) is 8.42 Å². The number of nitrogens with one attached hydrogen (secondary N) is 1. The van der Waals surface area contributed by atoms with Crippen molar-refractivity contribution in [3.05, 3.63) is 46.5 Å². The highest BCUT2D eigenvalue weighted by Gasteiger charge is 2.29. The van der Waals surface area contributed by atoms with E-state index in [1.165, 1.54) is 7.11 Å². The molecule has 1 N–H and O–H groups in total. The molecule has 6 nitrogen and oxygen atoms in total. The van der Waals surface area contributed by atoms with Gasteiger partial charge in [0.05, 0.1) is 17.5 Å². The normalized spacial score (nSPS) is 14.5. The van der Waals surface area contributed by atoms with Crippen molar-refractivity contribution < 1.29 is 17.7 Å². The van der Waals surface area contributed by atoms with Crippen LogP contribution in [-0.4, -0.2) is 20.7 Å². The molecule has 1 aliphatic carbocycles. The van der Waals surface area contributed by atoms with Gasteiger partial charge in [0, 0.05) is 0 Å². The third-order valence-corrected chi connectivity index (χ3v) is 6.55. The van der Waals surface area contributed by atoms with Crippen molar-refractivity contribution in [3.63, 3.8) is 0 Å². The zero-order valence-corrected chi connectivity index (χ0v) is 16.5. The largest absolute Gasteiger partial charge is 0.495 e. The van der Waals surface area contributed by atoms with Crippen LogP contribution in [0.25, 0.3) is 11.0 Å². The van der Waals surface area contributed by atoms with Gasteiger partial charge in [-0.3, -0.25) is 4.72 Å². The van der Waals surface area contributed by atoms with E-state index in [-0.39, 0.29) is 16.5 Å². The van der Waals surface area contributed by atoms with Gasteiger partial charge in [-0.15, -0.1) is 0 Å². The quantitative estimate of drug-likeness (QED) is 0.639. The Morgan fingerprint density at radius 2 is 2.07 bits per heavy atom. The van der Waals surface area contributed by atoms with E-state index in [1.807, 2.05) is 19.1 Å². The number of nitrogens with zero attached hydrogens (tertiary/aromatic N) is 1. The smallest absolute Gasteiger partial charge is 0.266 e. The number of hydrogen-bond donors (Lipinski definition) is 1. The molecular formula is C19H19ClN2O4S. The fourth-order valence-electron chi connectivity index (χ4n) is 3.12. The minimum atomic E-state index is -3.94. The van der Waals surface area contributed by atoms with Gasteiger partial charge in [0.25, 0.3) is 10.0 Å². The first kappa shape index (κ1) is 18.1. The number of aryl methyl sites for hydroxylation is 1. The minimum absolute atomic E-state index is 0.0509. The lowest BCUT2D eigenvalue weighted by molar-refractivity contribution is 0.402. The second kappa shape index (κ2) is 6.73. The van der Waals surface area contributed by atoms with Gasteiger partial charge in [-0.2, -0.15) is 0 Å². The van der Waals surface area contributed by atoms with E-state index in [0.29, 0.717) is 28.3 Å². The number of aromatic nitrogens is 1. The molecule has 3 aromatic rings. The number of hydrogen-bond acceptors (Lipinski definition) is 5. The van der Waals surface area contributed by atoms with Gasteiger partial charge >= 0.3 is 0 Å². The van der Waals surface area contributed by atoms with Crippen molar-refractivity contribution in [2.24, 2.45) is 0 Å². The summed E-state index contributed by atoms with van der Waals surface area (Å²) in [5, 5.41) is 4.87. The maximum absolute atomic E-state index is 13.0. The molecule has 0 amide bonds. The zero-order chi connectivity index (χ0) is 19.2. The number of rotatable bonds is 6. The van der Waals surface area contributed by atoms with Gasteiger partial charge < -0.3 is 9.26 Å². The predicted octanol–water partition coefficient (Wildman–Crippen LogP) is 4.73. The Bertz CT molecular complexity index is 1120. The molecule has 2 aromatic carbocycles. The number of fused-ring (bicyclic) bond motifs is 1. The van der Waals surface area contributed by atoms with Crippen LogP contribution in [0.3, 0.4) is 0 Å². The molecular weight excluding hydrogens is 388 g/mol. The number of benzene rings is 2. The van der Waals surface area contributed by atoms with E-state index in [0.717, 1.165) is 24.0 Å². The predicted molar refractivity (Wildman–Crippen MR) is 104 cm³/mol. The minimum Gasteiger partial charge on any atom is -0.495 e. The molecule has 0 spiro atoms. The molecule has 0 saturated heterocycles.